The first-order valence-electron chi connectivity index (χ1n) is 5.41. The van der Waals surface area contributed by atoms with Crippen LogP contribution in [0.4, 0.5) is 0 Å². The molecule has 0 aliphatic carbocycles. The van der Waals surface area contributed by atoms with Crippen LogP contribution in [0.5, 0.6) is 0 Å². The van der Waals surface area contributed by atoms with E-state index in [0.717, 1.165) is 18.7 Å². The topological polar surface area (TPSA) is 85.3 Å². The normalized spacial score (nSPS) is 12.6. The number of aliphatic carboxylic acids is 1. The number of hydrogen-bond donors (Lipinski definition) is 4. The van der Waals surface area contributed by atoms with Gasteiger partial charge in [0.15, 0.2) is 0 Å². The van der Waals surface area contributed by atoms with Gasteiger partial charge in [0.1, 0.15) is 0 Å². The van der Waals surface area contributed by atoms with Crippen LogP contribution < -0.4 is 5.32 Å². The molecule has 1 atom stereocenters. The fraction of sp³-hybridized carbons (Fsp3) is 0.545. The Morgan fingerprint density at radius 2 is 2.38 bits per heavy atom. The summed E-state index contributed by atoms with van der Waals surface area (Å²) in [7, 11) is 0. The first-order valence-corrected chi connectivity index (χ1v) is 5.41. The molecule has 0 radical (unpaired) electrons. The van der Waals surface area contributed by atoms with Gasteiger partial charge in [0, 0.05) is 31.4 Å². The molecule has 90 valence electrons. The fourth-order valence-electron chi connectivity index (χ4n) is 1.41. The monoisotopic (exact) mass is 226 g/mol. The Kier molecular flexibility index (Phi) is 5.60. The minimum Gasteiger partial charge on any atom is -0.481 e. The number of nitrogens with one attached hydrogen (secondary N) is 2. The molecule has 1 rings (SSSR count). The molecule has 0 saturated heterocycles. The van der Waals surface area contributed by atoms with Crippen molar-refractivity contribution in [2.24, 2.45) is 0 Å². The SMILES string of the molecule is O=C(O)CCC(O)CNCCc1ccc[nH]1. The van der Waals surface area contributed by atoms with Gasteiger partial charge < -0.3 is 20.5 Å². The Hall–Kier alpha value is -1.33. The smallest absolute Gasteiger partial charge is 0.303 e. The summed E-state index contributed by atoms with van der Waals surface area (Å²) in [6.45, 7) is 1.21. The minimum absolute atomic E-state index is 0.0134. The molecule has 0 fully saturated rings. The van der Waals surface area contributed by atoms with Crippen molar-refractivity contribution in [2.45, 2.75) is 25.4 Å². The van der Waals surface area contributed by atoms with Crippen LogP contribution in [-0.4, -0.2) is 40.4 Å². The van der Waals surface area contributed by atoms with Crippen molar-refractivity contribution in [1.29, 1.82) is 0 Å². The Bertz CT molecular complexity index is 298. The van der Waals surface area contributed by atoms with Crippen LogP contribution in [0.1, 0.15) is 18.5 Å². The maximum absolute atomic E-state index is 10.3. The number of carboxylic acids is 1. The van der Waals surface area contributed by atoms with Gasteiger partial charge in [-0.15, -0.1) is 0 Å². The molecule has 0 amide bonds. The number of aromatic nitrogens is 1. The summed E-state index contributed by atoms with van der Waals surface area (Å²) in [4.78, 5) is 13.3. The zero-order chi connectivity index (χ0) is 11.8. The van der Waals surface area contributed by atoms with E-state index in [1.807, 2.05) is 18.3 Å². The molecular formula is C11H18N2O3. The second kappa shape index (κ2) is 7.03. The molecule has 0 saturated carbocycles. The molecular weight excluding hydrogens is 208 g/mol. The van der Waals surface area contributed by atoms with E-state index in [9.17, 15) is 9.90 Å². The van der Waals surface area contributed by atoms with Gasteiger partial charge in [-0.2, -0.15) is 0 Å². The lowest BCUT2D eigenvalue weighted by Crippen LogP contribution is -2.28. The second-order valence-corrected chi connectivity index (χ2v) is 3.74. The molecule has 1 unspecified atom stereocenters. The average molecular weight is 226 g/mol. The quantitative estimate of drug-likeness (QED) is 0.482. The fourth-order valence-corrected chi connectivity index (χ4v) is 1.41. The number of rotatable bonds is 8. The van der Waals surface area contributed by atoms with Crippen LogP contribution in [0.2, 0.25) is 0 Å². The first-order chi connectivity index (χ1) is 7.68. The predicted octanol–water partition coefficient (Wildman–Crippen LogP) is 0.372. The third kappa shape index (κ3) is 5.53. The summed E-state index contributed by atoms with van der Waals surface area (Å²) in [6, 6.07) is 3.94. The third-order valence-electron chi connectivity index (χ3n) is 2.30. The van der Waals surface area contributed by atoms with Crippen molar-refractivity contribution in [2.75, 3.05) is 13.1 Å². The highest BCUT2D eigenvalue weighted by Gasteiger charge is 2.06. The van der Waals surface area contributed by atoms with E-state index in [1.165, 1.54) is 0 Å². The molecule has 1 heterocycles. The average Bonchev–Trinajstić information content (AvgIpc) is 2.74. The van der Waals surface area contributed by atoms with E-state index >= 15 is 0 Å². The van der Waals surface area contributed by atoms with Gasteiger partial charge in [0.05, 0.1) is 6.10 Å². The van der Waals surface area contributed by atoms with E-state index < -0.39 is 12.1 Å². The van der Waals surface area contributed by atoms with Crippen LogP contribution in [0.25, 0.3) is 0 Å². The van der Waals surface area contributed by atoms with Crippen LogP contribution in [0.3, 0.4) is 0 Å². The van der Waals surface area contributed by atoms with E-state index in [4.69, 9.17) is 5.11 Å². The molecule has 5 heteroatoms. The molecule has 0 bridgehead atoms. The second-order valence-electron chi connectivity index (χ2n) is 3.74. The van der Waals surface area contributed by atoms with Gasteiger partial charge in [-0.05, 0) is 25.0 Å². The molecule has 0 spiro atoms. The van der Waals surface area contributed by atoms with E-state index in [1.54, 1.807) is 0 Å². The summed E-state index contributed by atoms with van der Waals surface area (Å²) in [5.41, 5.74) is 1.15. The van der Waals surface area contributed by atoms with Gasteiger partial charge in [-0.3, -0.25) is 4.79 Å². The summed E-state index contributed by atoms with van der Waals surface area (Å²) in [6.07, 6.45) is 2.47. The number of carboxylic acid groups (broad SMARTS) is 1. The Labute approximate surface area is 94.5 Å². The zero-order valence-corrected chi connectivity index (χ0v) is 9.15. The van der Waals surface area contributed by atoms with Crippen molar-refractivity contribution < 1.29 is 15.0 Å². The number of hydrogen-bond acceptors (Lipinski definition) is 3. The number of aliphatic hydroxyl groups is 1. The van der Waals surface area contributed by atoms with E-state index in [-0.39, 0.29) is 6.42 Å². The van der Waals surface area contributed by atoms with Crippen molar-refractivity contribution in [3.8, 4) is 0 Å². The Morgan fingerprint density at radius 1 is 1.56 bits per heavy atom. The highest BCUT2D eigenvalue weighted by molar-refractivity contribution is 5.66. The highest BCUT2D eigenvalue weighted by atomic mass is 16.4. The van der Waals surface area contributed by atoms with Gasteiger partial charge in [0.25, 0.3) is 0 Å². The van der Waals surface area contributed by atoms with Crippen molar-refractivity contribution >= 4 is 5.97 Å². The molecule has 0 aliphatic rings. The van der Waals surface area contributed by atoms with E-state index in [0.29, 0.717) is 13.0 Å². The van der Waals surface area contributed by atoms with E-state index in [2.05, 4.69) is 10.3 Å². The van der Waals surface area contributed by atoms with Crippen LogP contribution >= 0.6 is 0 Å². The van der Waals surface area contributed by atoms with Crippen LogP contribution in [-0.2, 0) is 11.2 Å². The number of H-pyrrole nitrogens is 1. The van der Waals surface area contributed by atoms with Crippen LogP contribution in [0, 0.1) is 0 Å². The molecule has 5 nitrogen and oxygen atoms in total. The zero-order valence-electron chi connectivity index (χ0n) is 9.15. The van der Waals surface area contributed by atoms with Gasteiger partial charge in [-0.25, -0.2) is 0 Å². The highest BCUT2D eigenvalue weighted by Crippen LogP contribution is 1.97. The summed E-state index contributed by atoms with van der Waals surface area (Å²) in [5.74, 6) is -0.870. The van der Waals surface area contributed by atoms with Crippen molar-refractivity contribution in [3.05, 3.63) is 24.0 Å². The number of aromatic amines is 1. The van der Waals surface area contributed by atoms with Crippen LogP contribution in [0.15, 0.2) is 18.3 Å². The minimum atomic E-state index is -0.870. The lowest BCUT2D eigenvalue weighted by molar-refractivity contribution is -0.137. The van der Waals surface area contributed by atoms with Gasteiger partial charge in [0.2, 0.25) is 0 Å². The summed E-state index contributed by atoms with van der Waals surface area (Å²) >= 11 is 0. The Morgan fingerprint density at radius 3 is 3.00 bits per heavy atom. The summed E-state index contributed by atoms with van der Waals surface area (Å²) < 4.78 is 0. The maximum atomic E-state index is 10.3. The van der Waals surface area contributed by atoms with Gasteiger partial charge >= 0.3 is 5.97 Å². The first kappa shape index (κ1) is 12.7. The largest absolute Gasteiger partial charge is 0.481 e. The lowest BCUT2D eigenvalue weighted by Gasteiger charge is -2.10. The molecule has 4 N–H and O–H groups in total. The standard InChI is InChI=1S/C11H18N2O3/c14-10(3-4-11(15)16)8-12-7-5-9-2-1-6-13-9/h1-2,6,10,12-14H,3-5,7-8H2,(H,15,16). The van der Waals surface area contributed by atoms with Crippen molar-refractivity contribution in [3.63, 3.8) is 0 Å². The Balaban J connectivity index is 2.00. The summed E-state index contributed by atoms with van der Waals surface area (Å²) in [5, 5.41) is 20.9. The lowest BCUT2D eigenvalue weighted by atomic mass is 10.2. The third-order valence-corrected chi connectivity index (χ3v) is 2.30. The predicted molar refractivity (Wildman–Crippen MR) is 60.2 cm³/mol. The number of carbonyl (C=O) groups is 1. The molecule has 1 aromatic heterocycles. The molecule has 0 aliphatic heterocycles. The molecule has 16 heavy (non-hydrogen) atoms. The maximum Gasteiger partial charge on any atom is 0.303 e. The molecule has 0 aromatic carbocycles. The molecule has 1 aromatic rings. The number of aliphatic hydroxyl groups excluding tert-OH is 1. The van der Waals surface area contributed by atoms with Gasteiger partial charge in [-0.1, -0.05) is 0 Å². The van der Waals surface area contributed by atoms with Crippen molar-refractivity contribution in [1.82, 2.24) is 10.3 Å².